The van der Waals surface area contributed by atoms with E-state index >= 15 is 0 Å². The predicted molar refractivity (Wildman–Crippen MR) is 86.4 cm³/mol. The molecule has 1 heterocycles. The number of benzene rings is 1. The Kier molecular flexibility index (Phi) is 6.80. The van der Waals surface area contributed by atoms with Crippen molar-refractivity contribution < 1.29 is 9.18 Å². The van der Waals surface area contributed by atoms with E-state index in [1.165, 1.54) is 12.1 Å². The highest BCUT2D eigenvalue weighted by Crippen LogP contribution is 2.19. The number of carbonyl (C=O) groups excluding carboxylic acids is 1. The van der Waals surface area contributed by atoms with Crippen LogP contribution >= 0.6 is 0 Å². The molecule has 0 aliphatic carbocycles. The van der Waals surface area contributed by atoms with Crippen molar-refractivity contribution in [1.82, 2.24) is 15.5 Å². The number of amides is 1. The van der Waals surface area contributed by atoms with Crippen LogP contribution in [-0.4, -0.2) is 50.1 Å². The average molecular weight is 307 g/mol. The molecule has 0 aromatic heterocycles. The van der Waals surface area contributed by atoms with E-state index in [1.807, 2.05) is 13.0 Å². The van der Waals surface area contributed by atoms with Crippen molar-refractivity contribution in [3.05, 3.63) is 35.6 Å². The lowest BCUT2D eigenvalue weighted by Gasteiger charge is -2.27. The predicted octanol–water partition coefficient (Wildman–Crippen LogP) is 1.73. The lowest BCUT2D eigenvalue weighted by Crippen LogP contribution is -2.44. The minimum absolute atomic E-state index is 0.0314. The summed E-state index contributed by atoms with van der Waals surface area (Å²) < 4.78 is 13.2. The Hall–Kier alpha value is -1.46. The highest BCUT2D eigenvalue weighted by Gasteiger charge is 2.12. The van der Waals surface area contributed by atoms with Crippen LogP contribution in [0.15, 0.2) is 24.3 Å². The van der Waals surface area contributed by atoms with Gasteiger partial charge in [0.15, 0.2) is 0 Å². The molecule has 1 unspecified atom stereocenters. The molecule has 0 bridgehead atoms. The monoisotopic (exact) mass is 307 g/mol. The van der Waals surface area contributed by atoms with Gasteiger partial charge in [-0.1, -0.05) is 19.1 Å². The number of hydrogen-bond donors (Lipinski definition) is 2. The van der Waals surface area contributed by atoms with Gasteiger partial charge in [-0.05, 0) is 36.6 Å². The van der Waals surface area contributed by atoms with Crippen molar-refractivity contribution in [2.45, 2.75) is 25.7 Å². The van der Waals surface area contributed by atoms with E-state index < -0.39 is 0 Å². The van der Waals surface area contributed by atoms with E-state index in [-0.39, 0.29) is 17.6 Å². The molecule has 1 aromatic carbocycles. The molecule has 2 rings (SSSR count). The second kappa shape index (κ2) is 8.86. The summed E-state index contributed by atoms with van der Waals surface area (Å²) in [4.78, 5) is 14.3. The Morgan fingerprint density at radius 2 is 2.18 bits per heavy atom. The third-order valence-electron chi connectivity index (χ3n) is 4.09. The summed E-state index contributed by atoms with van der Waals surface area (Å²) >= 11 is 0. The fraction of sp³-hybridized carbons (Fsp3) is 0.588. The number of nitrogens with one attached hydrogen (secondary N) is 2. The Balaban J connectivity index is 1.62. The molecule has 5 heteroatoms. The van der Waals surface area contributed by atoms with Gasteiger partial charge in [0.2, 0.25) is 5.91 Å². The topological polar surface area (TPSA) is 44.4 Å². The largest absolute Gasteiger partial charge is 0.356 e. The quantitative estimate of drug-likeness (QED) is 0.754. The second-order valence-electron chi connectivity index (χ2n) is 5.96. The van der Waals surface area contributed by atoms with Gasteiger partial charge in [0.05, 0.1) is 0 Å². The maximum absolute atomic E-state index is 13.2. The zero-order chi connectivity index (χ0) is 15.8. The van der Waals surface area contributed by atoms with Crippen LogP contribution in [0, 0.1) is 5.82 Å². The van der Waals surface area contributed by atoms with E-state index in [2.05, 4.69) is 15.5 Å². The van der Waals surface area contributed by atoms with E-state index in [9.17, 15) is 9.18 Å². The molecule has 1 atom stereocenters. The molecule has 122 valence electrons. The molecule has 1 aliphatic heterocycles. The normalized spacial score (nSPS) is 17.2. The van der Waals surface area contributed by atoms with Crippen molar-refractivity contribution >= 4 is 5.91 Å². The maximum Gasteiger partial charge on any atom is 0.220 e. The maximum atomic E-state index is 13.2. The average Bonchev–Trinajstić information content (AvgIpc) is 2.52. The highest BCUT2D eigenvalue weighted by atomic mass is 19.1. The molecule has 0 radical (unpaired) electrons. The van der Waals surface area contributed by atoms with Gasteiger partial charge in [0.25, 0.3) is 0 Å². The van der Waals surface area contributed by atoms with Crippen molar-refractivity contribution in [1.29, 1.82) is 0 Å². The zero-order valence-electron chi connectivity index (χ0n) is 13.3. The molecule has 22 heavy (non-hydrogen) atoms. The lowest BCUT2D eigenvalue weighted by molar-refractivity contribution is -0.121. The van der Waals surface area contributed by atoms with Crippen LogP contribution < -0.4 is 10.6 Å². The summed E-state index contributed by atoms with van der Waals surface area (Å²) in [6, 6.07) is 6.48. The van der Waals surface area contributed by atoms with Crippen molar-refractivity contribution in [2.75, 3.05) is 39.3 Å². The van der Waals surface area contributed by atoms with Gasteiger partial charge >= 0.3 is 0 Å². The van der Waals surface area contributed by atoms with Crippen LogP contribution in [-0.2, 0) is 4.79 Å². The third-order valence-corrected chi connectivity index (χ3v) is 4.09. The first-order valence-corrected chi connectivity index (χ1v) is 8.10. The van der Waals surface area contributed by atoms with Gasteiger partial charge in [-0.2, -0.15) is 0 Å². The third kappa shape index (κ3) is 5.73. The van der Waals surface area contributed by atoms with Crippen molar-refractivity contribution in [2.24, 2.45) is 0 Å². The first-order valence-electron chi connectivity index (χ1n) is 8.10. The number of halogens is 1. The van der Waals surface area contributed by atoms with Crippen molar-refractivity contribution in [3.8, 4) is 0 Å². The summed E-state index contributed by atoms with van der Waals surface area (Å²) in [6.45, 7) is 7.97. The SMILES string of the molecule is CC(CC(=O)NCCCN1CCNCC1)c1cccc(F)c1. The molecular weight excluding hydrogens is 281 g/mol. The highest BCUT2D eigenvalue weighted by molar-refractivity contribution is 5.76. The molecule has 4 nitrogen and oxygen atoms in total. The summed E-state index contributed by atoms with van der Waals surface area (Å²) in [5.74, 6) is -0.179. The summed E-state index contributed by atoms with van der Waals surface area (Å²) in [5.41, 5.74) is 0.871. The van der Waals surface area contributed by atoms with Crippen LogP contribution in [0.5, 0.6) is 0 Å². The fourth-order valence-corrected chi connectivity index (χ4v) is 2.75. The Labute approximate surface area is 132 Å². The number of nitrogens with zero attached hydrogens (tertiary/aromatic N) is 1. The summed E-state index contributed by atoms with van der Waals surface area (Å²) in [6.07, 6.45) is 1.37. The Morgan fingerprint density at radius 1 is 1.41 bits per heavy atom. The van der Waals surface area contributed by atoms with Crippen LogP contribution in [0.4, 0.5) is 4.39 Å². The smallest absolute Gasteiger partial charge is 0.220 e. The number of piperazine rings is 1. The zero-order valence-corrected chi connectivity index (χ0v) is 13.3. The number of hydrogen-bond acceptors (Lipinski definition) is 3. The molecular formula is C17H26FN3O. The molecule has 2 N–H and O–H groups in total. The lowest BCUT2D eigenvalue weighted by atomic mass is 9.97. The van der Waals surface area contributed by atoms with Gasteiger partial charge in [-0.15, -0.1) is 0 Å². The van der Waals surface area contributed by atoms with Gasteiger partial charge in [-0.3, -0.25) is 4.79 Å². The summed E-state index contributed by atoms with van der Waals surface area (Å²) in [7, 11) is 0. The first kappa shape index (κ1) is 16.9. The van der Waals surface area contributed by atoms with Crippen molar-refractivity contribution in [3.63, 3.8) is 0 Å². The fourth-order valence-electron chi connectivity index (χ4n) is 2.75. The number of carbonyl (C=O) groups is 1. The molecule has 1 aromatic rings. The Morgan fingerprint density at radius 3 is 2.91 bits per heavy atom. The minimum atomic E-state index is -0.249. The van der Waals surface area contributed by atoms with E-state index in [0.29, 0.717) is 13.0 Å². The molecule has 1 amide bonds. The summed E-state index contributed by atoms with van der Waals surface area (Å²) in [5, 5.41) is 6.29. The van der Waals surface area contributed by atoms with Gasteiger partial charge < -0.3 is 15.5 Å². The van der Waals surface area contributed by atoms with Gasteiger partial charge in [0.1, 0.15) is 5.82 Å². The molecule has 1 fully saturated rings. The van der Waals surface area contributed by atoms with Crippen LogP contribution in [0.2, 0.25) is 0 Å². The minimum Gasteiger partial charge on any atom is -0.356 e. The van der Waals surface area contributed by atoms with E-state index in [4.69, 9.17) is 0 Å². The first-order chi connectivity index (χ1) is 10.6. The second-order valence-corrected chi connectivity index (χ2v) is 5.96. The number of rotatable bonds is 7. The van der Waals surface area contributed by atoms with E-state index in [1.54, 1.807) is 6.07 Å². The molecule has 1 saturated heterocycles. The van der Waals surface area contributed by atoms with Gasteiger partial charge in [0, 0.05) is 39.1 Å². The molecule has 1 aliphatic rings. The van der Waals surface area contributed by atoms with Crippen LogP contribution in [0.1, 0.15) is 31.2 Å². The van der Waals surface area contributed by atoms with E-state index in [0.717, 1.165) is 44.7 Å². The standard InChI is InChI=1S/C17H26FN3O/c1-14(15-4-2-5-16(18)13-15)12-17(22)20-6-3-9-21-10-7-19-8-11-21/h2,4-5,13-14,19H,3,6-12H2,1H3,(H,20,22). The molecule has 0 spiro atoms. The van der Waals surface area contributed by atoms with Gasteiger partial charge in [-0.25, -0.2) is 4.39 Å². The van der Waals surface area contributed by atoms with Crippen LogP contribution in [0.25, 0.3) is 0 Å². The Bertz CT molecular complexity index is 475. The molecule has 0 saturated carbocycles. The van der Waals surface area contributed by atoms with Crippen LogP contribution in [0.3, 0.4) is 0 Å².